The average Bonchev–Trinajstić information content (AvgIpc) is 2.99. The van der Waals surface area contributed by atoms with E-state index in [-0.39, 0.29) is 23.8 Å². The van der Waals surface area contributed by atoms with Gasteiger partial charge in [-0.15, -0.1) is 0 Å². The Morgan fingerprint density at radius 2 is 1.74 bits per heavy atom. The lowest BCUT2D eigenvalue weighted by Crippen LogP contribution is -2.28. The predicted octanol–water partition coefficient (Wildman–Crippen LogP) is 3.30. The van der Waals surface area contributed by atoms with Crippen LogP contribution in [0.1, 0.15) is 33.5 Å². The smallest absolute Gasteiger partial charge is 0.336 e. The largest absolute Gasteiger partial charge is 0.478 e. The van der Waals surface area contributed by atoms with Gasteiger partial charge in [-0.25, -0.2) is 4.79 Å². The number of carbonyl (C=O) groups excluding carboxylic acids is 2. The number of carboxylic acids is 1. The number of anilines is 2. The van der Waals surface area contributed by atoms with Crippen LogP contribution in [0.25, 0.3) is 0 Å². The molecule has 1 atom stereocenters. The van der Waals surface area contributed by atoms with Crippen LogP contribution in [0.5, 0.6) is 0 Å². The summed E-state index contributed by atoms with van der Waals surface area (Å²) in [6.45, 7) is 5.81. The molecule has 1 heterocycles. The summed E-state index contributed by atoms with van der Waals surface area (Å²) in [4.78, 5) is 38.0. The molecule has 0 radical (unpaired) electrons. The van der Waals surface area contributed by atoms with Crippen LogP contribution in [0.4, 0.5) is 11.4 Å². The molecule has 2 aromatic rings. The number of hydrogen-bond donors (Lipinski definition) is 2. The van der Waals surface area contributed by atoms with Crippen molar-refractivity contribution in [1.29, 1.82) is 0 Å². The van der Waals surface area contributed by atoms with E-state index in [4.69, 9.17) is 0 Å². The van der Waals surface area contributed by atoms with Gasteiger partial charge in [0.05, 0.1) is 11.5 Å². The highest BCUT2D eigenvalue weighted by molar-refractivity contribution is 6.04. The zero-order valence-electron chi connectivity index (χ0n) is 15.6. The fraction of sp³-hybridized carbons (Fsp3) is 0.286. The standard InChI is InChI=1S/C21H22N2O4/c1-12-4-6-16(7-5-12)23-11-15(9-19(23)24)20(25)22-18-10-17(21(26)27)13(2)8-14(18)3/h4-8,10,15H,9,11H2,1-3H3,(H,22,25)(H,26,27). The average molecular weight is 366 g/mol. The minimum Gasteiger partial charge on any atom is -0.478 e. The Kier molecular flexibility index (Phi) is 4.99. The van der Waals surface area contributed by atoms with E-state index in [1.807, 2.05) is 38.1 Å². The topological polar surface area (TPSA) is 86.7 Å². The summed E-state index contributed by atoms with van der Waals surface area (Å²) in [5, 5.41) is 12.1. The Hall–Kier alpha value is -3.15. The minimum absolute atomic E-state index is 0.0918. The van der Waals surface area contributed by atoms with Crippen LogP contribution in [-0.2, 0) is 9.59 Å². The van der Waals surface area contributed by atoms with Crippen molar-refractivity contribution in [2.75, 3.05) is 16.8 Å². The number of carbonyl (C=O) groups is 3. The minimum atomic E-state index is -1.04. The van der Waals surface area contributed by atoms with Crippen molar-refractivity contribution in [3.63, 3.8) is 0 Å². The van der Waals surface area contributed by atoms with E-state index in [2.05, 4.69) is 5.32 Å². The Balaban J connectivity index is 1.76. The van der Waals surface area contributed by atoms with E-state index in [0.717, 1.165) is 16.8 Å². The van der Waals surface area contributed by atoms with E-state index >= 15 is 0 Å². The van der Waals surface area contributed by atoms with Crippen LogP contribution in [0.2, 0.25) is 0 Å². The second-order valence-electron chi connectivity index (χ2n) is 7.02. The van der Waals surface area contributed by atoms with E-state index in [0.29, 0.717) is 17.8 Å². The third kappa shape index (κ3) is 3.84. The third-order valence-corrected chi connectivity index (χ3v) is 4.90. The van der Waals surface area contributed by atoms with Gasteiger partial charge in [0, 0.05) is 24.3 Å². The maximum absolute atomic E-state index is 12.7. The van der Waals surface area contributed by atoms with E-state index in [1.165, 1.54) is 6.07 Å². The summed E-state index contributed by atoms with van der Waals surface area (Å²) in [5.74, 6) is -1.88. The number of nitrogens with zero attached hydrogens (tertiary/aromatic N) is 1. The first kappa shape index (κ1) is 18.6. The molecular formula is C21H22N2O4. The quantitative estimate of drug-likeness (QED) is 0.869. The van der Waals surface area contributed by atoms with Gasteiger partial charge >= 0.3 is 5.97 Å². The molecule has 0 bridgehead atoms. The fourth-order valence-electron chi connectivity index (χ4n) is 3.31. The number of aromatic carboxylic acids is 1. The van der Waals surface area contributed by atoms with Gasteiger partial charge in [-0.3, -0.25) is 9.59 Å². The molecule has 6 heteroatoms. The van der Waals surface area contributed by atoms with Crippen LogP contribution in [0.15, 0.2) is 36.4 Å². The molecule has 1 unspecified atom stereocenters. The molecule has 2 amide bonds. The van der Waals surface area contributed by atoms with Gasteiger partial charge in [-0.1, -0.05) is 23.8 Å². The first-order chi connectivity index (χ1) is 12.8. The highest BCUT2D eigenvalue weighted by Crippen LogP contribution is 2.27. The van der Waals surface area contributed by atoms with Crippen molar-refractivity contribution in [3.05, 3.63) is 58.7 Å². The molecule has 2 aromatic carbocycles. The van der Waals surface area contributed by atoms with E-state index in [9.17, 15) is 19.5 Å². The highest BCUT2D eigenvalue weighted by Gasteiger charge is 2.35. The molecule has 0 spiro atoms. The normalized spacial score (nSPS) is 16.5. The molecule has 27 heavy (non-hydrogen) atoms. The van der Waals surface area contributed by atoms with Gasteiger partial charge < -0.3 is 15.3 Å². The van der Waals surface area contributed by atoms with Crippen molar-refractivity contribution < 1.29 is 19.5 Å². The van der Waals surface area contributed by atoms with Gasteiger partial charge in [0.1, 0.15) is 0 Å². The number of amides is 2. The SMILES string of the molecule is Cc1ccc(N2CC(C(=O)Nc3cc(C(=O)O)c(C)cc3C)CC2=O)cc1. The maximum Gasteiger partial charge on any atom is 0.336 e. The number of hydrogen-bond acceptors (Lipinski definition) is 3. The predicted molar refractivity (Wildman–Crippen MR) is 103 cm³/mol. The Labute approximate surface area is 157 Å². The number of nitrogens with one attached hydrogen (secondary N) is 1. The van der Waals surface area contributed by atoms with E-state index < -0.39 is 11.9 Å². The van der Waals surface area contributed by atoms with Crippen LogP contribution in [0, 0.1) is 26.7 Å². The first-order valence-electron chi connectivity index (χ1n) is 8.78. The fourth-order valence-corrected chi connectivity index (χ4v) is 3.31. The first-order valence-corrected chi connectivity index (χ1v) is 8.78. The van der Waals surface area contributed by atoms with Gasteiger partial charge in [-0.05, 0) is 50.1 Å². The van der Waals surface area contributed by atoms with Crippen molar-refractivity contribution >= 4 is 29.2 Å². The van der Waals surface area contributed by atoms with Crippen LogP contribution in [-0.4, -0.2) is 29.4 Å². The summed E-state index contributed by atoms with van der Waals surface area (Å²) in [5.41, 5.74) is 3.92. The number of rotatable bonds is 4. The Morgan fingerprint density at radius 3 is 2.37 bits per heavy atom. The summed E-state index contributed by atoms with van der Waals surface area (Å²) < 4.78 is 0. The maximum atomic E-state index is 12.7. The lowest BCUT2D eigenvalue weighted by atomic mass is 10.0. The molecule has 6 nitrogen and oxygen atoms in total. The summed E-state index contributed by atoms with van der Waals surface area (Å²) in [6.07, 6.45) is 0.135. The molecule has 0 aromatic heterocycles. The molecule has 1 saturated heterocycles. The zero-order valence-corrected chi connectivity index (χ0v) is 15.6. The van der Waals surface area contributed by atoms with Gasteiger partial charge in [0.2, 0.25) is 11.8 Å². The van der Waals surface area contributed by atoms with Gasteiger partial charge in [0.25, 0.3) is 0 Å². The monoisotopic (exact) mass is 366 g/mol. The zero-order chi connectivity index (χ0) is 19.7. The second kappa shape index (κ2) is 7.23. The van der Waals surface area contributed by atoms with Crippen molar-refractivity contribution in [2.45, 2.75) is 27.2 Å². The molecule has 2 N–H and O–H groups in total. The highest BCUT2D eigenvalue weighted by atomic mass is 16.4. The number of aryl methyl sites for hydroxylation is 3. The van der Waals surface area contributed by atoms with Crippen molar-refractivity contribution in [2.24, 2.45) is 5.92 Å². The van der Waals surface area contributed by atoms with Gasteiger partial charge in [0.15, 0.2) is 0 Å². The summed E-state index contributed by atoms with van der Waals surface area (Å²) in [7, 11) is 0. The summed E-state index contributed by atoms with van der Waals surface area (Å²) >= 11 is 0. The Bertz CT molecular complexity index is 919. The number of carboxylic acid groups (broad SMARTS) is 1. The molecule has 1 aliphatic rings. The molecule has 0 aliphatic carbocycles. The second-order valence-corrected chi connectivity index (χ2v) is 7.02. The van der Waals surface area contributed by atoms with E-state index in [1.54, 1.807) is 17.9 Å². The molecular weight excluding hydrogens is 344 g/mol. The van der Waals surface area contributed by atoms with Crippen LogP contribution >= 0.6 is 0 Å². The molecule has 140 valence electrons. The lowest BCUT2D eigenvalue weighted by molar-refractivity contribution is -0.122. The van der Waals surface area contributed by atoms with Crippen molar-refractivity contribution in [1.82, 2.24) is 0 Å². The molecule has 0 saturated carbocycles. The van der Waals surface area contributed by atoms with Crippen LogP contribution < -0.4 is 10.2 Å². The van der Waals surface area contributed by atoms with Gasteiger partial charge in [-0.2, -0.15) is 0 Å². The Morgan fingerprint density at radius 1 is 1.07 bits per heavy atom. The molecule has 1 aliphatic heterocycles. The third-order valence-electron chi connectivity index (χ3n) is 4.90. The lowest BCUT2D eigenvalue weighted by Gasteiger charge is -2.17. The molecule has 1 fully saturated rings. The summed E-state index contributed by atoms with van der Waals surface area (Å²) in [6, 6.07) is 10.8. The molecule has 3 rings (SSSR count). The van der Waals surface area contributed by atoms with Crippen LogP contribution in [0.3, 0.4) is 0 Å². The van der Waals surface area contributed by atoms with Crippen molar-refractivity contribution in [3.8, 4) is 0 Å². The number of benzene rings is 2.